The van der Waals surface area contributed by atoms with E-state index in [1.54, 1.807) is 0 Å². The Balaban J connectivity index is 1.91. The summed E-state index contributed by atoms with van der Waals surface area (Å²) < 4.78 is 5.46. The topological polar surface area (TPSA) is 26.3 Å². The molecule has 92 valence electrons. The zero-order valence-electron chi connectivity index (χ0n) is 10.5. The number of allylic oxidation sites excluding steroid dienone is 1. The van der Waals surface area contributed by atoms with Crippen LogP contribution in [0.5, 0.6) is 0 Å². The zero-order chi connectivity index (χ0) is 12.2. The first-order valence-corrected chi connectivity index (χ1v) is 6.59. The van der Waals surface area contributed by atoms with E-state index in [2.05, 4.69) is 20.1 Å². The lowest BCUT2D eigenvalue weighted by Crippen LogP contribution is -2.43. The van der Waals surface area contributed by atoms with Crippen LogP contribution in [-0.4, -0.2) is 12.1 Å². The van der Waals surface area contributed by atoms with Crippen molar-refractivity contribution in [2.75, 3.05) is 0 Å². The second-order valence-corrected chi connectivity index (χ2v) is 6.23. The molecule has 0 bridgehead atoms. The van der Waals surface area contributed by atoms with Gasteiger partial charge in [0.2, 0.25) is 0 Å². The van der Waals surface area contributed by atoms with Crippen LogP contribution < -0.4 is 0 Å². The SMILES string of the molecule is C=C1C(=O)O[C@H]2C[C@]3(C)CCCC(=C)[C@H]3C[C@H]12. The molecule has 2 aliphatic carbocycles. The van der Waals surface area contributed by atoms with Gasteiger partial charge in [-0.1, -0.05) is 25.7 Å². The Kier molecular flexibility index (Phi) is 2.26. The molecule has 2 saturated carbocycles. The van der Waals surface area contributed by atoms with E-state index in [1.165, 1.54) is 18.4 Å². The van der Waals surface area contributed by atoms with Crippen LogP contribution in [0.15, 0.2) is 24.3 Å². The molecular formula is C15H20O2. The molecule has 2 nitrogen and oxygen atoms in total. The molecule has 0 amide bonds. The average molecular weight is 232 g/mol. The Hall–Kier alpha value is -1.05. The van der Waals surface area contributed by atoms with Crippen molar-refractivity contribution in [2.45, 2.75) is 45.1 Å². The van der Waals surface area contributed by atoms with Crippen molar-refractivity contribution in [1.29, 1.82) is 0 Å². The van der Waals surface area contributed by atoms with Crippen LogP contribution in [0, 0.1) is 17.3 Å². The lowest BCUT2D eigenvalue weighted by Gasteiger charge is -2.49. The van der Waals surface area contributed by atoms with Crippen LogP contribution in [0.25, 0.3) is 0 Å². The fourth-order valence-corrected chi connectivity index (χ4v) is 4.12. The maximum atomic E-state index is 11.6. The molecule has 0 aromatic carbocycles. The van der Waals surface area contributed by atoms with E-state index in [-0.39, 0.29) is 18.0 Å². The molecule has 0 radical (unpaired) electrons. The maximum absolute atomic E-state index is 11.6. The summed E-state index contributed by atoms with van der Waals surface area (Å²) >= 11 is 0. The van der Waals surface area contributed by atoms with Crippen molar-refractivity contribution in [1.82, 2.24) is 0 Å². The van der Waals surface area contributed by atoms with Crippen molar-refractivity contribution in [3.63, 3.8) is 0 Å². The molecule has 1 heterocycles. The summed E-state index contributed by atoms with van der Waals surface area (Å²) in [5.41, 5.74) is 2.36. The minimum Gasteiger partial charge on any atom is -0.458 e. The number of rotatable bonds is 0. The summed E-state index contributed by atoms with van der Waals surface area (Å²) in [6, 6.07) is 0. The minimum atomic E-state index is -0.173. The van der Waals surface area contributed by atoms with Crippen LogP contribution in [0.3, 0.4) is 0 Å². The van der Waals surface area contributed by atoms with Crippen molar-refractivity contribution in [2.24, 2.45) is 17.3 Å². The molecule has 2 heteroatoms. The highest BCUT2D eigenvalue weighted by atomic mass is 16.6. The summed E-state index contributed by atoms with van der Waals surface area (Å²) in [5.74, 6) is 0.632. The summed E-state index contributed by atoms with van der Waals surface area (Å²) in [4.78, 5) is 11.6. The van der Waals surface area contributed by atoms with Gasteiger partial charge < -0.3 is 4.74 Å². The molecule has 0 unspecified atom stereocenters. The van der Waals surface area contributed by atoms with Crippen LogP contribution >= 0.6 is 0 Å². The van der Waals surface area contributed by atoms with Crippen LogP contribution in [0.2, 0.25) is 0 Å². The second kappa shape index (κ2) is 3.47. The lowest BCUT2D eigenvalue weighted by molar-refractivity contribution is -0.142. The van der Waals surface area contributed by atoms with Crippen molar-refractivity contribution in [3.8, 4) is 0 Å². The second-order valence-electron chi connectivity index (χ2n) is 6.23. The summed E-state index contributed by atoms with van der Waals surface area (Å²) in [7, 11) is 0. The monoisotopic (exact) mass is 232 g/mol. The molecule has 3 fully saturated rings. The quantitative estimate of drug-likeness (QED) is 0.364. The van der Waals surface area contributed by atoms with Gasteiger partial charge in [0.05, 0.1) is 0 Å². The van der Waals surface area contributed by atoms with Crippen molar-refractivity contribution >= 4 is 5.97 Å². The van der Waals surface area contributed by atoms with E-state index in [0.29, 0.717) is 16.9 Å². The molecule has 4 atom stereocenters. The van der Waals surface area contributed by atoms with Crippen molar-refractivity contribution in [3.05, 3.63) is 24.3 Å². The van der Waals surface area contributed by atoms with E-state index in [9.17, 15) is 4.79 Å². The Morgan fingerprint density at radius 2 is 2.18 bits per heavy atom. The van der Waals surface area contributed by atoms with Gasteiger partial charge in [0.25, 0.3) is 0 Å². The summed E-state index contributed by atoms with van der Waals surface area (Å²) in [5, 5.41) is 0. The number of hydrogen-bond donors (Lipinski definition) is 0. The molecule has 1 aliphatic heterocycles. The number of fused-ring (bicyclic) bond motifs is 2. The molecular weight excluding hydrogens is 212 g/mol. The Labute approximate surface area is 103 Å². The molecule has 3 rings (SSSR count). The van der Waals surface area contributed by atoms with Gasteiger partial charge in [0.1, 0.15) is 6.10 Å². The number of carbonyl (C=O) groups is 1. The normalized spacial score (nSPS) is 45.2. The Bertz CT molecular complexity index is 409. The van der Waals surface area contributed by atoms with Crippen LogP contribution in [0.4, 0.5) is 0 Å². The first-order valence-electron chi connectivity index (χ1n) is 6.59. The lowest BCUT2D eigenvalue weighted by atomic mass is 9.56. The highest BCUT2D eigenvalue weighted by molar-refractivity contribution is 5.90. The van der Waals surface area contributed by atoms with E-state index >= 15 is 0 Å². The highest BCUT2D eigenvalue weighted by Crippen LogP contribution is 2.56. The van der Waals surface area contributed by atoms with Gasteiger partial charge in [-0.3, -0.25) is 0 Å². The van der Waals surface area contributed by atoms with Gasteiger partial charge in [-0.25, -0.2) is 4.79 Å². The summed E-state index contributed by atoms with van der Waals surface area (Å²) in [6.45, 7) is 10.5. The molecule has 0 spiro atoms. The largest absolute Gasteiger partial charge is 0.458 e. The maximum Gasteiger partial charge on any atom is 0.334 e. The first-order chi connectivity index (χ1) is 8.01. The van der Waals surface area contributed by atoms with E-state index in [1.807, 2.05) is 0 Å². The van der Waals surface area contributed by atoms with Crippen molar-refractivity contribution < 1.29 is 9.53 Å². The molecule has 0 N–H and O–H groups in total. The van der Waals surface area contributed by atoms with Gasteiger partial charge in [0, 0.05) is 11.5 Å². The average Bonchev–Trinajstić information content (AvgIpc) is 2.52. The first kappa shape index (κ1) is 11.1. The van der Waals surface area contributed by atoms with E-state index in [4.69, 9.17) is 4.74 Å². The molecule has 1 saturated heterocycles. The van der Waals surface area contributed by atoms with Crippen LogP contribution in [-0.2, 0) is 9.53 Å². The Morgan fingerprint density at radius 1 is 1.41 bits per heavy atom. The predicted molar refractivity (Wildman–Crippen MR) is 66.3 cm³/mol. The Morgan fingerprint density at radius 3 is 2.94 bits per heavy atom. The number of hydrogen-bond acceptors (Lipinski definition) is 2. The predicted octanol–water partition coefficient (Wildman–Crippen LogP) is 3.24. The standard InChI is InChI=1S/C15H20O2/c1-9-5-4-6-15(3)8-13-11(7-12(9)15)10(2)14(16)17-13/h11-13H,1-2,4-8H2,3H3/t11-,12-,13+,15+/m1/s1. The minimum absolute atomic E-state index is 0.0853. The molecule has 3 aliphatic rings. The van der Waals surface area contributed by atoms with Gasteiger partial charge in [-0.05, 0) is 43.4 Å². The fourth-order valence-electron chi connectivity index (χ4n) is 4.12. The molecule has 0 aromatic heterocycles. The molecule has 17 heavy (non-hydrogen) atoms. The van der Waals surface area contributed by atoms with Gasteiger partial charge in [0.15, 0.2) is 0 Å². The van der Waals surface area contributed by atoms with E-state index < -0.39 is 0 Å². The van der Waals surface area contributed by atoms with E-state index in [0.717, 1.165) is 19.3 Å². The highest BCUT2D eigenvalue weighted by Gasteiger charge is 2.52. The number of ether oxygens (including phenoxy) is 1. The van der Waals surface area contributed by atoms with Gasteiger partial charge in [-0.2, -0.15) is 0 Å². The fraction of sp³-hybridized carbons (Fsp3) is 0.667. The molecule has 0 aromatic rings. The number of carbonyl (C=O) groups excluding carboxylic acids is 1. The van der Waals surface area contributed by atoms with Crippen LogP contribution in [0.1, 0.15) is 39.0 Å². The third-order valence-electron chi connectivity index (χ3n) is 5.15. The number of esters is 1. The third-order valence-corrected chi connectivity index (χ3v) is 5.15. The van der Waals surface area contributed by atoms with Gasteiger partial charge >= 0.3 is 5.97 Å². The third kappa shape index (κ3) is 1.50. The zero-order valence-corrected chi connectivity index (χ0v) is 10.5. The summed E-state index contributed by atoms with van der Waals surface area (Å²) in [6.07, 6.45) is 5.72. The smallest absolute Gasteiger partial charge is 0.334 e. The van der Waals surface area contributed by atoms with Gasteiger partial charge in [-0.15, -0.1) is 0 Å².